The van der Waals surface area contributed by atoms with Crippen LogP contribution in [-0.2, 0) is 20.0 Å². The van der Waals surface area contributed by atoms with Gasteiger partial charge in [0, 0.05) is 0 Å². The van der Waals surface area contributed by atoms with Crippen LogP contribution >= 0.6 is 11.6 Å². The van der Waals surface area contributed by atoms with E-state index in [2.05, 4.69) is 10.0 Å². The van der Waals surface area contributed by atoms with Crippen LogP contribution in [0.5, 0.6) is 0 Å². The zero-order valence-electron chi connectivity index (χ0n) is 11.5. The summed E-state index contributed by atoms with van der Waals surface area (Å²) in [6, 6.07) is 11.1. The second-order valence-corrected chi connectivity index (χ2v) is 8.55. The van der Waals surface area contributed by atoms with Crippen LogP contribution in [0.1, 0.15) is 11.7 Å². The van der Waals surface area contributed by atoms with Gasteiger partial charge in [-0.2, -0.15) is 4.72 Å². The Kier molecular flexibility index (Phi) is 3.85. The highest BCUT2D eigenvalue weighted by atomic mass is 35.5. The van der Waals surface area contributed by atoms with Gasteiger partial charge in [-0.05, 0) is 17.7 Å². The highest BCUT2D eigenvalue weighted by Crippen LogP contribution is 2.36. The summed E-state index contributed by atoms with van der Waals surface area (Å²) in [5.74, 6) is 0. The Morgan fingerprint density at radius 1 is 1.13 bits per heavy atom. The van der Waals surface area contributed by atoms with Crippen molar-refractivity contribution in [3.63, 3.8) is 0 Å². The molecule has 0 bridgehead atoms. The topological polar surface area (TPSA) is 118 Å². The van der Waals surface area contributed by atoms with Crippen LogP contribution < -0.4 is 15.2 Å². The summed E-state index contributed by atoms with van der Waals surface area (Å²) in [5, 5.41) is 7.88. The van der Waals surface area contributed by atoms with E-state index in [1.165, 1.54) is 6.07 Å². The Hall–Kier alpha value is -1.65. The predicted molar refractivity (Wildman–Crippen MR) is 86.0 cm³/mol. The van der Waals surface area contributed by atoms with Crippen LogP contribution in [0.2, 0.25) is 5.02 Å². The molecule has 1 atom stereocenters. The quantitative estimate of drug-likeness (QED) is 0.735. The van der Waals surface area contributed by atoms with Crippen molar-refractivity contribution in [2.24, 2.45) is 5.14 Å². The third-order valence-corrected chi connectivity index (χ3v) is 6.17. The molecule has 1 heterocycles. The second-order valence-electron chi connectivity index (χ2n) is 4.93. The van der Waals surface area contributed by atoms with Gasteiger partial charge in [0.25, 0.3) is 0 Å². The first-order valence-corrected chi connectivity index (χ1v) is 9.79. The molecule has 0 aliphatic carbocycles. The van der Waals surface area contributed by atoms with Crippen LogP contribution in [0.3, 0.4) is 0 Å². The molecular formula is C13H12ClN3O4S2. The normalized spacial score (nSPS) is 19.7. The fraction of sp³-hybridized carbons (Fsp3) is 0.0769. The number of hydrogen-bond acceptors (Lipinski definition) is 5. The van der Waals surface area contributed by atoms with Crippen molar-refractivity contribution in [1.82, 2.24) is 4.72 Å². The Bertz CT molecular complexity index is 976. The maximum atomic E-state index is 12.4. The summed E-state index contributed by atoms with van der Waals surface area (Å²) < 4.78 is 50.3. The second kappa shape index (κ2) is 5.46. The van der Waals surface area contributed by atoms with E-state index in [0.717, 1.165) is 6.07 Å². The van der Waals surface area contributed by atoms with Gasteiger partial charge in [-0.3, -0.25) is 0 Å². The maximum absolute atomic E-state index is 12.4. The highest BCUT2D eigenvalue weighted by molar-refractivity contribution is 7.90. The molecule has 1 aliphatic rings. The molecule has 2 aromatic rings. The fourth-order valence-electron chi connectivity index (χ4n) is 2.29. The molecule has 10 heteroatoms. The summed E-state index contributed by atoms with van der Waals surface area (Å²) >= 11 is 5.92. The number of fused-ring (bicyclic) bond motifs is 1. The first kappa shape index (κ1) is 16.2. The molecule has 0 fully saturated rings. The molecule has 0 amide bonds. The summed E-state index contributed by atoms with van der Waals surface area (Å²) in [6.45, 7) is 0. The van der Waals surface area contributed by atoms with E-state index in [9.17, 15) is 16.8 Å². The van der Waals surface area contributed by atoms with Crippen molar-refractivity contribution < 1.29 is 16.8 Å². The van der Waals surface area contributed by atoms with Crippen molar-refractivity contribution in [1.29, 1.82) is 0 Å². The van der Waals surface area contributed by atoms with Gasteiger partial charge < -0.3 is 5.32 Å². The van der Waals surface area contributed by atoms with Crippen LogP contribution in [0, 0.1) is 0 Å². The average Bonchev–Trinajstić information content (AvgIpc) is 2.45. The van der Waals surface area contributed by atoms with Crippen molar-refractivity contribution in [2.75, 3.05) is 5.32 Å². The molecule has 0 saturated heterocycles. The molecule has 7 nitrogen and oxygen atoms in total. The Morgan fingerprint density at radius 3 is 2.39 bits per heavy atom. The molecule has 122 valence electrons. The third-order valence-electron chi connectivity index (χ3n) is 3.34. The lowest BCUT2D eigenvalue weighted by atomic mass is 10.1. The van der Waals surface area contributed by atoms with Gasteiger partial charge in [-0.1, -0.05) is 41.9 Å². The Balaban J connectivity index is 2.15. The average molecular weight is 374 g/mol. The molecule has 0 spiro atoms. The predicted octanol–water partition coefficient (Wildman–Crippen LogP) is 1.39. The molecule has 4 N–H and O–H groups in total. The number of rotatable bonds is 2. The fourth-order valence-corrected chi connectivity index (χ4v) is 4.77. The molecule has 3 rings (SSSR count). The molecule has 0 radical (unpaired) electrons. The number of sulfonamides is 2. The van der Waals surface area contributed by atoms with Crippen LogP contribution in [0.15, 0.2) is 52.3 Å². The van der Waals surface area contributed by atoms with E-state index in [4.69, 9.17) is 16.7 Å². The zero-order valence-corrected chi connectivity index (χ0v) is 13.9. The van der Waals surface area contributed by atoms with E-state index in [-0.39, 0.29) is 15.6 Å². The summed E-state index contributed by atoms with van der Waals surface area (Å²) in [6.07, 6.45) is -0.690. The van der Waals surface area contributed by atoms with E-state index in [0.29, 0.717) is 5.56 Å². The van der Waals surface area contributed by atoms with Gasteiger partial charge in [0.1, 0.15) is 16.0 Å². The molecule has 0 aromatic heterocycles. The standard InChI is InChI=1S/C13H12ClN3O4S2/c14-9-6-10-12(7-11(9)22(15,18)19)23(20,21)17-13(16-10)8-4-2-1-3-5-8/h1-7,13,16-17H,(H2,15,18,19). The number of halogens is 1. The van der Waals surface area contributed by atoms with Crippen LogP contribution in [0.4, 0.5) is 5.69 Å². The number of anilines is 1. The van der Waals surface area contributed by atoms with E-state index in [1.54, 1.807) is 24.3 Å². The zero-order chi connectivity index (χ0) is 16.8. The van der Waals surface area contributed by atoms with Gasteiger partial charge in [-0.25, -0.2) is 22.0 Å². The highest BCUT2D eigenvalue weighted by Gasteiger charge is 2.32. The number of nitrogens with two attached hydrogens (primary N) is 1. The molecular weight excluding hydrogens is 362 g/mol. The smallest absolute Gasteiger partial charge is 0.244 e. The van der Waals surface area contributed by atoms with E-state index >= 15 is 0 Å². The molecule has 1 aliphatic heterocycles. The molecule has 2 aromatic carbocycles. The molecule has 1 unspecified atom stereocenters. The monoisotopic (exact) mass is 373 g/mol. The molecule has 0 saturated carbocycles. The third kappa shape index (κ3) is 3.06. The molecule has 23 heavy (non-hydrogen) atoms. The minimum Gasteiger partial charge on any atom is -0.364 e. The van der Waals surface area contributed by atoms with Crippen molar-refractivity contribution in [2.45, 2.75) is 16.0 Å². The first-order valence-electron chi connectivity index (χ1n) is 6.39. The lowest BCUT2D eigenvalue weighted by Gasteiger charge is -2.28. The van der Waals surface area contributed by atoms with Crippen LogP contribution in [-0.4, -0.2) is 16.8 Å². The number of primary sulfonamides is 1. The van der Waals surface area contributed by atoms with Gasteiger partial charge in [0.15, 0.2) is 0 Å². The first-order chi connectivity index (χ1) is 10.7. The van der Waals surface area contributed by atoms with Crippen molar-refractivity contribution >= 4 is 37.3 Å². The largest absolute Gasteiger partial charge is 0.364 e. The van der Waals surface area contributed by atoms with Crippen molar-refractivity contribution in [3.8, 4) is 0 Å². The summed E-state index contributed by atoms with van der Waals surface area (Å²) in [7, 11) is -8.06. The number of nitrogens with one attached hydrogen (secondary N) is 2. The summed E-state index contributed by atoms with van der Waals surface area (Å²) in [4.78, 5) is -0.665. The Labute approximate surface area is 138 Å². The van der Waals surface area contributed by atoms with Crippen molar-refractivity contribution in [3.05, 3.63) is 53.1 Å². The lowest BCUT2D eigenvalue weighted by molar-refractivity contribution is 0.562. The summed E-state index contributed by atoms with van der Waals surface area (Å²) in [5.41, 5.74) is 0.906. The van der Waals surface area contributed by atoms with E-state index in [1.807, 2.05) is 6.07 Å². The number of hydrogen-bond donors (Lipinski definition) is 3. The van der Waals surface area contributed by atoms with Gasteiger partial charge in [-0.15, -0.1) is 0 Å². The minimum absolute atomic E-state index is 0.150. The number of benzene rings is 2. The Morgan fingerprint density at radius 2 is 1.78 bits per heavy atom. The van der Waals surface area contributed by atoms with E-state index < -0.39 is 31.1 Å². The van der Waals surface area contributed by atoms with Crippen LogP contribution in [0.25, 0.3) is 0 Å². The lowest BCUT2D eigenvalue weighted by Crippen LogP contribution is -2.38. The van der Waals surface area contributed by atoms with Gasteiger partial charge in [0.05, 0.1) is 10.7 Å². The van der Waals surface area contributed by atoms with Gasteiger partial charge in [0.2, 0.25) is 20.0 Å². The SMILES string of the molecule is NS(=O)(=O)c1cc2c(cc1Cl)NC(c1ccccc1)NS2(=O)=O. The van der Waals surface area contributed by atoms with Gasteiger partial charge >= 0.3 is 0 Å². The minimum atomic E-state index is -4.13. The maximum Gasteiger partial charge on any atom is 0.244 e.